The molecule has 0 amide bonds. The molecule has 1 N–H and O–H groups in total. The van der Waals surface area contributed by atoms with E-state index in [4.69, 9.17) is 4.74 Å². The van der Waals surface area contributed by atoms with E-state index in [0.717, 1.165) is 38.2 Å². The topological polar surface area (TPSA) is 24.5 Å². The van der Waals surface area contributed by atoms with E-state index in [-0.39, 0.29) is 0 Å². The first-order valence-corrected chi connectivity index (χ1v) is 6.66. The third-order valence-corrected chi connectivity index (χ3v) is 3.88. The summed E-state index contributed by atoms with van der Waals surface area (Å²) in [5, 5.41) is 3.47. The van der Waals surface area contributed by atoms with Crippen molar-refractivity contribution in [2.75, 3.05) is 33.4 Å². The van der Waals surface area contributed by atoms with Crippen LogP contribution in [0.25, 0.3) is 0 Å². The number of hydrogen-bond acceptors (Lipinski definition) is 3. The van der Waals surface area contributed by atoms with Crippen molar-refractivity contribution >= 4 is 0 Å². The Morgan fingerprint density at radius 1 is 1.50 bits per heavy atom. The molecule has 16 heavy (non-hydrogen) atoms. The SMILES string of the molecule is CCC(C)N(CCOC)C1CCNCC1C. The third kappa shape index (κ3) is 3.72. The highest BCUT2D eigenvalue weighted by atomic mass is 16.5. The zero-order valence-electron chi connectivity index (χ0n) is 11.3. The Bertz CT molecular complexity index is 187. The molecule has 1 heterocycles. The lowest BCUT2D eigenvalue weighted by molar-refractivity contribution is 0.0513. The number of hydrogen-bond donors (Lipinski definition) is 1. The molecule has 1 fully saturated rings. The summed E-state index contributed by atoms with van der Waals surface area (Å²) in [4.78, 5) is 2.65. The molecule has 0 spiro atoms. The first-order chi connectivity index (χ1) is 7.70. The smallest absolute Gasteiger partial charge is 0.0589 e. The highest BCUT2D eigenvalue weighted by Gasteiger charge is 2.29. The molecule has 1 rings (SSSR count). The molecule has 0 aromatic rings. The maximum Gasteiger partial charge on any atom is 0.0589 e. The van der Waals surface area contributed by atoms with Crippen LogP contribution in [-0.4, -0.2) is 50.3 Å². The largest absolute Gasteiger partial charge is 0.383 e. The van der Waals surface area contributed by atoms with Crippen LogP contribution in [0.1, 0.15) is 33.6 Å². The predicted molar refractivity (Wildman–Crippen MR) is 68.8 cm³/mol. The van der Waals surface area contributed by atoms with Gasteiger partial charge in [-0.2, -0.15) is 0 Å². The lowest BCUT2D eigenvalue weighted by Crippen LogP contribution is -2.52. The van der Waals surface area contributed by atoms with E-state index < -0.39 is 0 Å². The number of nitrogens with zero attached hydrogens (tertiary/aromatic N) is 1. The van der Waals surface area contributed by atoms with Gasteiger partial charge in [0.25, 0.3) is 0 Å². The molecule has 3 heteroatoms. The van der Waals surface area contributed by atoms with E-state index in [9.17, 15) is 0 Å². The van der Waals surface area contributed by atoms with Crippen molar-refractivity contribution in [1.29, 1.82) is 0 Å². The fraction of sp³-hybridized carbons (Fsp3) is 1.00. The van der Waals surface area contributed by atoms with Gasteiger partial charge in [0.1, 0.15) is 0 Å². The average molecular weight is 228 g/mol. The molecule has 0 aromatic carbocycles. The van der Waals surface area contributed by atoms with Crippen molar-refractivity contribution in [2.45, 2.75) is 45.7 Å². The summed E-state index contributed by atoms with van der Waals surface area (Å²) < 4.78 is 5.24. The van der Waals surface area contributed by atoms with Gasteiger partial charge in [0.05, 0.1) is 6.61 Å². The Morgan fingerprint density at radius 2 is 2.25 bits per heavy atom. The predicted octanol–water partition coefficient (Wildman–Crippen LogP) is 1.73. The van der Waals surface area contributed by atoms with E-state index in [1.54, 1.807) is 7.11 Å². The van der Waals surface area contributed by atoms with E-state index in [0.29, 0.717) is 6.04 Å². The van der Waals surface area contributed by atoms with Gasteiger partial charge in [0.2, 0.25) is 0 Å². The van der Waals surface area contributed by atoms with E-state index in [2.05, 4.69) is 31.0 Å². The monoisotopic (exact) mass is 228 g/mol. The van der Waals surface area contributed by atoms with Gasteiger partial charge in [0, 0.05) is 25.7 Å². The first-order valence-electron chi connectivity index (χ1n) is 6.66. The number of methoxy groups -OCH3 is 1. The molecular weight excluding hydrogens is 200 g/mol. The van der Waals surface area contributed by atoms with Gasteiger partial charge < -0.3 is 10.1 Å². The molecule has 3 nitrogen and oxygen atoms in total. The molecule has 3 atom stereocenters. The molecule has 1 aliphatic rings. The first kappa shape index (κ1) is 13.9. The molecule has 3 unspecified atom stereocenters. The summed E-state index contributed by atoms with van der Waals surface area (Å²) in [6.45, 7) is 11.2. The molecule has 96 valence electrons. The van der Waals surface area contributed by atoms with Crippen molar-refractivity contribution in [3.63, 3.8) is 0 Å². The van der Waals surface area contributed by atoms with Crippen LogP contribution in [0.3, 0.4) is 0 Å². The van der Waals surface area contributed by atoms with Crippen LogP contribution in [-0.2, 0) is 4.74 Å². The van der Waals surface area contributed by atoms with E-state index in [1.807, 2.05) is 0 Å². The fourth-order valence-corrected chi connectivity index (χ4v) is 2.64. The summed E-state index contributed by atoms with van der Waals surface area (Å²) in [6, 6.07) is 1.40. The Labute approximate surface area is 101 Å². The van der Waals surface area contributed by atoms with Crippen LogP contribution in [0.5, 0.6) is 0 Å². The standard InChI is InChI=1S/C13H28N2O/c1-5-12(3)15(8-9-16-4)13-6-7-14-10-11(13)2/h11-14H,5-10H2,1-4H3. The maximum absolute atomic E-state index is 5.24. The highest BCUT2D eigenvalue weighted by molar-refractivity contribution is 4.85. The molecule has 0 saturated carbocycles. The maximum atomic E-state index is 5.24. The van der Waals surface area contributed by atoms with Gasteiger partial charge in [-0.15, -0.1) is 0 Å². The second-order valence-corrected chi connectivity index (χ2v) is 5.03. The van der Waals surface area contributed by atoms with Crippen molar-refractivity contribution in [1.82, 2.24) is 10.2 Å². The molecule has 1 saturated heterocycles. The number of nitrogens with one attached hydrogen (secondary N) is 1. The zero-order valence-corrected chi connectivity index (χ0v) is 11.3. The van der Waals surface area contributed by atoms with Crippen LogP contribution >= 0.6 is 0 Å². The van der Waals surface area contributed by atoms with Crippen LogP contribution in [0.2, 0.25) is 0 Å². The van der Waals surface area contributed by atoms with Crippen molar-refractivity contribution in [2.24, 2.45) is 5.92 Å². The Hall–Kier alpha value is -0.120. The second kappa shape index (κ2) is 7.25. The van der Waals surface area contributed by atoms with Crippen LogP contribution in [0, 0.1) is 5.92 Å². The van der Waals surface area contributed by atoms with Crippen molar-refractivity contribution in [3.05, 3.63) is 0 Å². The average Bonchev–Trinajstić information content (AvgIpc) is 2.31. The number of ether oxygens (including phenoxy) is 1. The van der Waals surface area contributed by atoms with E-state index in [1.165, 1.54) is 12.8 Å². The quantitative estimate of drug-likeness (QED) is 0.749. The second-order valence-electron chi connectivity index (χ2n) is 5.03. The minimum atomic E-state index is 0.667. The van der Waals surface area contributed by atoms with Crippen LogP contribution in [0.4, 0.5) is 0 Å². The summed E-state index contributed by atoms with van der Waals surface area (Å²) in [6.07, 6.45) is 2.50. The van der Waals surface area contributed by atoms with E-state index >= 15 is 0 Å². The Morgan fingerprint density at radius 3 is 2.81 bits per heavy atom. The van der Waals surface area contributed by atoms with Gasteiger partial charge >= 0.3 is 0 Å². The van der Waals surface area contributed by atoms with Crippen LogP contribution < -0.4 is 5.32 Å². The Balaban J connectivity index is 2.57. The lowest BCUT2D eigenvalue weighted by Gasteiger charge is -2.42. The van der Waals surface area contributed by atoms with Gasteiger partial charge in [-0.3, -0.25) is 4.90 Å². The molecular formula is C13H28N2O. The molecule has 0 aromatic heterocycles. The summed E-state index contributed by atoms with van der Waals surface area (Å²) >= 11 is 0. The molecule has 0 bridgehead atoms. The lowest BCUT2D eigenvalue weighted by atomic mass is 9.92. The highest BCUT2D eigenvalue weighted by Crippen LogP contribution is 2.21. The summed E-state index contributed by atoms with van der Waals surface area (Å²) in [5.41, 5.74) is 0. The summed E-state index contributed by atoms with van der Waals surface area (Å²) in [7, 11) is 1.79. The normalized spacial score (nSPS) is 28.3. The number of rotatable bonds is 6. The van der Waals surface area contributed by atoms with Gasteiger partial charge in [0.15, 0.2) is 0 Å². The van der Waals surface area contributed by atoms with Crippen molar-refractivity contribution in [3.8, 4) is 0 Å². The van der Waals surface area contributed by atoms with Crippen molar-refractivity contribution < 1.29 is 4.74 Å². The third-order valence-electron chi connectivity index (χ3n) is 3.88. The zero-order chi connectivity index (χ0) is 12.0. The van der Waals surface area contributed by atoms with Gasteiger partial charge in [-0.25, -0.2) is 0 Å². The number of piperidine rings is 1. The van der Waals surface area contributed by atoms with Crippen LogP contribution in [0.15, 0.2) is 0 Å². The fourth-order valence-electron chi connectivity index (χ4n) is 2.64. The molecule has 0 radical (unpaired) electrons. The minimum absolute atomic E-state index is 0.667. The Kier molecular flexibility index (Phi) is 6.32. The molecule has 0 aliphatic carbocycles. The van der Waals surface area contributed by atoms with Gasteiger partial charge in [-0.1, -0.05) is 13.8 Å². The minimum Gasteiger partial charge on any atom is -0.383 e. The molecule has 1 aliphatic heterocycles. The van der Waals surface area contributed by atoms with Gasteiger partial charge in [-0.05, 0) is 38.8 Å². The summed E-state index contributed by atoms with van der Waals surface area (Å²) in [5.74, 6) is 0.750.